The molecule has 6 heteroatoms. The topological polar surface area (TPSA) is 81.7 Å². The number of benzene rings is 1. The van der Waals surface area contributed by atoms with Gasteiger partial charge in [0, 0.05) is 31.9 Å². The first kappa shape index (κ1) is 13.4. The molecule has 1 aromatic rings. The third-order valence-corrected chi connectivity index (χ3v) is 3.21. The van der Waals surface area contributed by atoms with Crippen molar-refractivity contribution in [3.63, 3.8) is 0 Å². The molecule has 6 nitrogen and oxygen atoms in total. The second-order valence-electron chi connectivity index (χ2n) is 4.45. The number of aromatic carboxylic acids is 1. The maximum Gasteiger partial charge on any atom is 0.336 e. The van der Waals surface area contributed by atoms with Gasteiger partial charge in [-0.25, -0.2) is 9.59 Å². The number of urea groups is 1. The lowest BCUT2D eigenvalue weighted by atomic mass is 10.1. The van der Waals surface area contributed by atoms with Crippen LogP contribution in [0.5, 0.6) is 0 Å². The van der Waals surface area contributed by atoms with Gasteiger partial charge in [0.15, 0.2) is 0 Å². The van der Waals surface area contributed by atoms with E-state index in [9.17, 15) is 9.59 Å². The summed E-state index contributed by atoms with van der Waals surface area (Å²) < 4.78 is 0. The molecule has 0 spiro atoms. The number of hydrogen-bond donors (Lipinski definition) is 3. The molecular formula is C13H17N3O3. The van der Waals surface area contributed by atoms with Gasteiger partial charge in [-0.15, -0.1) is 0 Å². The fourth-order valence-corrected chi connectivity index (χ4v) is 2.06. The highest BCUT2D eigenvalue weighted by Gasteiger charge is 2.18. The van der Waals surface area contributed by atoms with E-state index in [-0.39, 0.29) is 11.6 Å². The summed E-state index contributed by atoms with van der Waals surface area (Å²) in [5, 5.41) is 15.0. The molecule has 2 rings (SSSR count). The fourth-order valence-electron chi connectivity index (χ4n) is 2.06. The fraction of sp³-hybridized carbons (Fsp3) is 0.385. The van der Waals surface area contributed by atoms with Crippen LogP contribution in [0, 0.1) is 6.92 Å². The van der Waals surface area contributed by atoms with E-state index >= 15 is 0 Å². The molecule has 2 amide bonds. The Labute approximate surface area is 111 Å². The molecule has 0 aliphatic carbocycles. The van der Waals surface area contributed by atoms with Gasteiger partial charge in [0.05, 0.1) is 5.56 Å². The van der Waals surface area contributed by atoms with Crippen molar-refractivity contribution in [3.8, 4) is 0 Å². The van der Waals surface area contributed by atoms with Gasteiger partial charge in [-0.3, -0.25) is 0 Å². The van der Waals surface area contributed by atoms with E-state index in [1.165, 1.54) is 6.07 Å². The molecule has 0 bridgehead atoms. The maximum absolute atomic E-state index is 12.0. The minimum Gasteiger partial charge on any atom is -0.478 e. The Morgan fingerprint density at radius 1 is 1.32 bits per heavy atom. The number of carboxylic acids is 1. The number of piperazine rings is 1. The number of rotatable bonds is 2. The lowest BCUT2D eigenvalue weighted by Gasteiger charge is -2.27. The van der Waals surface area contributed by atoms with Crippen molar-refractivity contribution in [1.82, 2.24) is 10.2 Å². The second-order valence-corrected chi connectivity index (χ2v) is 4.45. The summed E-state index contributed by atoms with van der Waals surface area (Å²) in [4.78, 5) is 24.8. The van der Waals surface area contributed by atoms with Gasteiger partial charge in [-0.2, -0.15) is 0 Å². The molecule has 1 saturated heterocycles. The molecule has 0 aromatic heterocycles. The number of carbonyl (C=O) groups is 2. The first-order chi connectivity index (χ1) is 9.09. The highest BCUT2D eigenvalue weighted by Crippen LogP contribution is 2.19. The second kappa shape index (κ2) is 5.71. The van der Waals surface area contributed by atoms with Gasteiger partial charge in [-0.05, 0) is 24.6 Å². The average molecular weight is 263 g/mol. The van der Waals surface area contributed by atoms with Crippen LogP contribution in [0.15, 0.2) is 18.2 Å². The Balaban J connectivity index is 2.12. The molecule has 1 heterocycles. The van der Waals surface area contributed by atoms with Gasteiger partial charge in [0.25, 0.3) is 0 Å². The summed E-state index contributed by atoms with van der Waals surface area (Å²) in [7, 11) is 0. The summed E-state index contributed by atoms with van der Waals surface area (Å²) in [6, 6.07) is 4.68. The van der Waals surface area contributed by atoms with Crippen molar-refractivity contribution >= 4 is 17.7 Å². The first-order valence-electron chi connectivity index (χ1n) is 6.19. The summed E-state index contributed by atoms with van der Waals surface area (Å²) in [6.45, 7) is 4.56. The normalized spacial score (nSPS) is 15.1. The van der Waals surface area contributed by atoms with Crippen molar-refractivity contribution in [1.29, 1.82) is 0 Å². The number of carboxylic acid groups (broad SMARTS) is 1. The van der Waals surface area contributed by atoms with Crippen LogP contribution in [0.3, 0.4) is 0 Å². The molecule has 3 N–H and O–H groups in total. The lowest BCUT2D eigenvalue weighted by Crippen LogP contribution is -2.48. The SMILES string of the molecule is Cc1c(NC(=O)N2CCNCC2)cccc1C(=O)O. The van der Waals surface area contributed by atoms with E-state index in [4.69, 9.17) is 5.11 Å². The van der Waals surface area contributed by atoms with Gasteiger partial charge < -0.3 is 20.6 Å². The van der Waals surface area contributed by atoms with Crippen LogP contribution in [-0.2, 0) is 0 Å². The van der Waals surface area contributed by atoms with Gasteiger partial charge >= 0.3 is 12.0 Å². The van der Waals surface area contributed by atoms with Gasteiger partial charge in [0.1, 0.15) is 0 Å². The Morgan fingerprint density at radius 3 is 2.63 bits per heavy atom. The molecule has 1 aliphatic rings. The van der Waals surface area contributed by atoms with Crippen LogP contribution < -0.4 is 10.6 Å². The monoisotopic (exact) mass is 263 g/mol. The predicted octanol–water partition coefficient (Wildman–Crippen LogP) is 1.13. The number of hydrogen-bond acceptors (Lipinski definition) is 3. The first-order valence-corrected chi connectivity index (χ1v) is 6.19. The Kier molecular flexibility index (Phi) is 4.01. The Bertz CT molecular complexity index is 496. The zero-order chi connectivity index (χ0) is 13.8. The third-order valence-electron chi connectivity index (χ3n) is 3.21. The molecule has 0 saturated carbocycles. The Hall–Kier alpha value is -2.08. The largest absolute Gasteiger partial charge is 0.478 e. The van der Waals surface area contributed by atoms with Crippen molar-refractivity contribution in [2.75, 3.05) is 31.5 Å². The zero-order valence-corrected chi connectivity index (χ0v) is 10.8. The van der Waals surface area contributed by atoms with E-state index in [1.54, 1.807) is 24.0 Å². The van der Waals surface area contributed by atoms with E-state index in [2.05, 4.69) is 10.6 Å². The van der Waals surface area contributed by atoms with Gasteiger partial charge in [-0.1, -0.05) is 6.07 Å². The smallest absolute Gasteiger partial charge is 0.336 e. The molecule has 0 atom stereocenters. The minimum absolute atomic E-state index is 0.188. The van der Waals surface area contributed by atoms with Crippen LogP contribution in [0.1, 0.15) is 15.9 Å². The van der Waals surface area contributed by atoms with Crippen molar-refractivity contribution in [2.24, 2.45) is 0 Å². The summed E-state index contributed by atoms with van der Waals surface area (Å²) in [5.74, 6) is -0.990. The number of carbonyl (C=O) groups excluding carboxylic acids is 1. The van der Waals surface area contributed by atoms with Crippen LogP contribution >= 0.6 is 0 Å². The third kappa shape index (κ3) is 3.03. The quantitative estimate of drug-likeness (QED) is 0.747. The number of anilines is 1. The lowest BCUT2D eigenvalue weighted by molar-refractivity contribution is 0.0696. The van der Waals surface area contributed by atoms with Crippen LogP contribution in [-0.4, -0.2) is 48.2 Å². The molecule has 1 aliphatic heterocycles. The zero-order valence-electron chi connectivity index (χ0n) is 10.8. The molecule has 0 unspecified atom stereocenters. The van der Waals surface area contributed by atoms with E-state index in [1.807, 2.05) is 0 Å². The number of nitrogens with one attached hydrogen (secondary N) is 2. The summed E-state index contributed by atoms with van der Waals surface area (Å²) in [5.41, 5.74) is 1.32. The van der Waals surface area contributed by atoms with Crippen molar-refractivity contribution in [3.05, 3.63) is 29.3 Å². The Morgan fingerprint density at radius 2 is 2.00 bits per heavy atom. The summed E-state index contributed by atoms with van der Waals surface area (Å²) >= 11 is 0. The van der Waals surface area contributed by atoms with Crippen molar-refractivity contribution < 1.29 is 14.7 Å². The summed E-state index contributed by atoms with van der Waals surface area (Å²) in [6.07, 6.45) is 0. The number of amides is 2. The minimum atomic E-state index is -0.990. The highest BCUT2D eigenvalue weighted by atomic mass is 16.4. The van der Waals surface area contributed by atoms with Crippen molar-refractivity contribution in [2.45, 2.75) is 6.92 Å². The van der Waals surface area contributed by atoms with E-state index in [0.717, 1.165) is 13.1 Å². The van der Waals surface area contributed by atoms with E-state index in [0.29, 0.717) is 24.3 Å². The number of nitrogens with zero attached hydrogens (tertiary/aromatic N) is 1. The van der Waals surface area contributed by atoms with Gasteiger partial charge in [0.2, 0.25) is 0 Å². The predicted molar refractivity (Wildman–Crippen MR) is 71.6 cm³/mol. The van der Waals surface area contributed by atoms with Crippen LogP contribution in [0.25, 0.3) is 0 Å². The van der Waals surface area contributed by atoms with E-state index < -0.39 is 5.97 Å². The molecule has 1 fully saturated rings. The molecule has 102 valence electrons. The average Bonchev–Trinajstić information content (AvgIpc) is 2.41. The molecule has 19 heavy (non-hydrogen) atoms. The highest BCUT2D eigenvalue weighted by molar-refractivity contribution is 5.95. The maximum atomic E-state index is 12.0. The molecular weight excluding hydrogens is 246 g/mol. The molecule has 0 radical (unpaired) electrons. The van der Waals surface area contributed by atoms with Crippen LogP contribution in [0.4, 0.5) is 10.5 Å². The van der Waals surface area contributed by atoms with Crippen LogP contribution in [0.2, 0.25) is 0 Å². The standard InChI is InChI=1S/C13H17N3O3/c1-9-10(12(17)18)3-2-4-11(9)15-13(19)16-7-5-14-6-8-16/h2-4,14H,5-8H2,1H3,(H,15,19)(H,17,18). The molecule has 1 aromatic carbocycles.